The van der Waals surface area contributed by atoms with E-state index in [1.165, 1.54) is 22.9 Å². The minimum atomic E-state index is -4.46. The smallest absolute Gasteiger partial charge is 0.166 e. The molecule has 216 valence electrons. The molecule has 0 amide bonds. The van der Waals surface area contributed by atoms with Gasteiger partial charge in [-0.2, -0.15) is 13.2 Å². The fourth-order valence-electron chi connectivity index (χ4n) is 6.76. The number of fused-ring (bicyclic) bond motifs is 4. The van der Waals surface area contributed by atoms with Crippen molar-refractivity contribution >= 4 is 43.1 Å². The van der Waals surface area contributed by atoms with Gasteiger partial charge in [0.15, 0.2) is 0 Å². The molecule has 0 saturated carbocycles. The molecule has 0 aliphatic carbocycles. The van der Waals surface area contributed by atoms with Crippen LogP contribution in [-0.2, 0) is 6.18 Å². The molecular weight excluding hydrogens is 561 g/mol. The molecule has 8 aromatic rings. The van der Waals surface area contributed by atoms with Gasteiger partial charge in [0.2, 0.25) is 0 Å². The van der Waals surface area contributed by atoms with Gasteiger partial charge >= 0.3 is 6.18 Å². The van der Waals surface area contributed by atoms with Crippen LogP contribution < -0.4 is 0 Å². The molecule has 8 rings (SSSR count). The third kappa shape index (κ3) is 4.63. The second kappa shape index (κ2) is 10.3. The maximum atomic E-state index is 14.2. The van der Waals surface area contributed by atoms with Gasteiger partial charge in [0, 0.05) is 0 Å². The van der Waals surface area contributed by atoms with Crippen LogP contribution in [0.5, 0.6) is 0 Å². The standard InChI is InChI=1S/C42H27F3/c1-26-13-21-36-38(23-26)41(35-12-6-10-29-8-4-5-11-34(29)35)39-25-33(42(43,44)45)20-22-37(39)40(36)30-17-14-28(15-18-30)32-19-16-27-7-2-3-9-31(27)24-32/h2-25H,1H3. The molecule has 0 N–H and O–H groups in total. The second-order valence-electron chi connectivity index (χ2n) is 11.7. The molecule has 0 atom stereocenters. The minimum Gasteiger partial charge on any atom is -0.166 e. The minimum absolute atomic E-state index is 0.591. The first-order chi connectivity index (χ1) is 21.8. The molecule has 8 aromatic carbocycles. The Morgan fingerprint density at radius 3 is 1.80 bits per heavy atom. The van der Waals surface area contributed by atoms with Crippen LogP contribution in [0, 0.1) is 6.92 Å². The molecule has 0 fully saturated rings. The van der Waals surface area contributed by atoms with Crippen molar-refractivity contribution in [3.63, 3.8) is 0 Å². The van der Waals surface area contributed by atoms with E-state index in [9.17, 15) is 13.2 Å². The Kier molecular flexibility index (Phi) is 6.25. The molecule has 0 nitrogen and oxygen atoms in total. The summed E-state index contributed by atoms with van der Waals surface area (Å²) in [6, 6.07) is 47.7. The number of hydrogen-bond acceptors (Lipinski definition) is 0. The summed E-state index contributed by atoms with van der Waals surface area (Å²) in [6.45, 7) is 2.03. The van der Waals surface area contributed by atoms with Crippen molar-refractivity contribution in [3.05, 3.63) is 157 Å². The van der Waals surface area contributed by atoms with Crippen molar-refractivity contribution < 1.29 is 13.2 Å². The fraction of sp³-hybridized carbons (Fsp3) is 0.0476. The third-order valence-electron chi connectivity index (χ3n) is 8.91. The lowest BCUT2D eigenvalue weighted by atomic mass is 9.83. The molecule has 0 heterocycles. The number of halogens is 3. The third-order valence-corrected chi connectivity index (χ3v) is 8.91. The maximum absolute atomic E-state index is 14.2. The average Bonchev–Trinajstić information content (AvgIpc) is 3.06. The number of benzene rings is 8. The van der Waals surface area contributed by atoms with Gasteiger partial charge in [-0.3, -0.25) is 0 Å². The van der Waals surface area contributed by atoms with Crippen molar-refractivity contribution in [2.24, 2.45) is 0 Å². The summed E-state index contributed by atoms with van der Waals surface area (Å²) in [5.41, 5.74) is 6.24. The number of alkyl halides is 3. The zero-order valence-corrected chi connectivity index (χ0v) is 24.5. The van der Waals surface area contributed by atoms with Crippen LogP contribution in [0.15, 0.2) is 146 Å². The van der Waals surface area contributed by atoms with Gasteiger partial charge in [-0.25, -0.2) is 0 Å². The van der Waals surface area contributed by atoms with Crippen molar-refractivity contribution in [1.82, 2.24) is 0 Å². The molecule has 0 unspecified atom stereocenters. The highest BCUT2D eigenvalue weighted by Crippen LogP contribution is 2.47. The molecule has 3 heteroatoms. The topological polar surface area (TPSA) is 0 Å². The van der Waals surface area contributed by atoms with Gasteiger partial charge in [-0.15, -0.1) is 0 Å². The lowest BCUT2D eigenvalue weighted by Crippen LogP contribution is -2.05. The number of hydrogen-bond donors (Lipinski definition) is 0. The summed E-state index contributed by atoms with van der Waals surface area (Å²) in [5.74, 6) is 0. The molecule has 0 aliphatic rings. The maximum Gasteiger partial charge on any atom is 0.416 e. The predicted octanol–water partition coefficient (Wildman–Crippen LogP) is 12.6. The zero-order valence-electron chi connectivity index (χ0n) is 24.5. The first-order valence-corrected chi connectivity index (χ1v) is 15.0. The summed E-state index contributed by atoms with van der Waals surface area (Å²) in [4.78, 5) is 0. The Bertz CT molecular complexity index is 2410. The van der Waals surface area contributed by atoms with E-state index in [1.54, 1.807) is 6.07 Å². The van der Waals surface area contributed by atoms with E-state index in [0.717, 1.165) is 65.9 Å². The van der Waals surface area contributed by atoms with Gasteiger partial charge in [-0.05, 0) is 102 Å². The summed E-state index contributed by atoms with van der Waals surface area (Å²) in [6.07, 6.45) is -4.46. The van der Waals surface area contributed by atoms with Crippen molar-refractivity contribution in [3.8, 4) is 33.4 Å². The van der Waals surface area contributed by atoms with E-state index >= 15 is 0 Å². The van der Waals surface area contributed by atoms with Crippen LogP contribution in [0.2, 0.25) is 0 Å². The first-order valence-electron chi connectivity index (χ1n) is 15.0. The van der Waals surface area contributed by atoms with Crippen LogP contribution in [-0.4, -0.2) is 0 Å². The van der Waals surface area contributed by atoms with E-state index in [2.05, 4.69) is 72.8 Å². The van der Waals surface area contributed by atoms with Gasteiger partial charge in [-0.1, -0.05) is 133 Å². The van der Waals surface area contributed by atoms with E-state index in [0.29, 0.717) is 5.39 Å². The first kappa shape index (κ1) is 27.2. The van der Waals surface area contributed by atoms with Crippen LogP contribution in [0.1, 0.15) is 11.1 Å². The summed E-state index contributed by atoms with van der Waals surface area (Å²) in [5, 5.41) is 7.75. The van der Waals surface area contributed by atoms with Crippen LogP contribution >= 0.6 is 0 Å². The summed E-state index contributed by atoms with van der Waals surface area (Å²) >= 11 is 0. The monoisotopic (exact) mass is 588 g/mol. The molecule has 0 aliphatic heterocycles. The van der Waals surface area contributed by atoms with Crippen LogP contribution in [0.4, 0.5) is 13.2 Å². The van der Waals surface area contributed by atoms with Crippen LogP contribution in [0.25, 0.3) is 76.5 Å². The Labute approximate surface area is 259 Å². The van der Waals surface area contributed by atoms with Gasteiger partial charge in [0.1, 0.15) is 0 Å². The summed E-state index contributed by atoms with van der Waals surface area (Å²) in [7, 11) is 0. The number of rotatable bonds is 3. The van der Waals surface area contributed by atoms with Gasteiger partial charge < -0.3 is 0 Å². The predicted molar refractivity (Wildman–Crippen MR) is 183 cm³/mol. The lowest BCUT2D eigenvalue weighted by molar-refractivity contribution is -0.137. The van der Waals surface area contributed by atoms with Crippen LogP contribution in [0.3, 0.4) is 0 Å². The molecular formula is C42H27F3. The molecule has 0 radical (unpaired) electrons. The largest absolute Gasteiger partial charge is 0.416 e. The Morgan fingerprint density at radius 2 is 1.02 bits per heavy atom. The average molecular weight is 589 g/mol. The van der Waals surface area contributed by atoms with E-state index < -0.39 is 11.7 Å². The quantitative estimate of drug-likeness (QED) is 0.180. The molecule has 0 bridgehead atoms. The second-order valence-corrected chi connectivity index (χ2v) is 11.7. The Balaban J connectivity index is 1.42. The SMILES string of the molecule is Cc1ccc2c(-c3ccc(-c4ccc5ccccc5c4)cc3)c3ccc(C(F)(F)F)cc3c(-c3cccc4ccccc34)c2c1. The number of aryl methyl sites for hydroxylation is 1. The normalized spacial score (nSPS) is 12.0. The van der Waals surface area contributed by atoms with Gasteiger partial charge in [0.25, 0.3) is 0 Å². The van der Waals surface area contributed by atoms with Gasteiger partial charge in [0.05, 0.1) is 5.56 Å². The Morgan fingerprint density at radius 1 is 0.400 bits per heavy atom. The molecule has 45 heavy (non-hydrogen) atoms. The van der Waals surface area contributed by atoms with Crippen molar-refractivity contribution in [2.75, 3.05) is 0 Å². The van der Waals surface area contributed by atoms with E-state index in [-0.39, 0.29) is 0 Å². The molecule has 0 aromatic heterocycles. The Hall–Kier alpha value is -5.41. The lowest BCUT2D eigenvalue weighted by Gasteiger charge is -2.20. The highest BCUT2D eigenvalue weighted by Gasteiger charge is 2.31. The zero-order chi connectivity index (χ0) is 30.7. The van der Waals surface area contributed by atoms with E-state index in [1.807, 2.05) is 61.5 Å². The molecule has 0 saturated heterocycles. The highest BCUT2D eigenvalue weighted by atomic mass is 19.4. The van der Waals surface area contributed by atoms with Crippen molar-refractivity contribution in [1.29, 1.82) is 0 Å². The van der Waals surface area contributed by atoms with E-state index in [4.69, 9.17) is 0 Å². The highest BCUT2D eigenvalue weighted by molar-refractivity contribution is 6.23. The summed E-state index contributed by atoms with van der Waals surface area (Å²) < 4.78 is 42.6. The molecule has 0 spiro atoms. The van der Waals surface area contributed by atoms with Crippen molar-refractivity contribution in [2.45, 2.75) is 13.1 Å². The fourth-order valence-corrected chi connectivity index (χ4v) is 6.76.